The molecule has 1 aromatic carbocycles. The summed E-state index contributed by atoms with van der Waals surface area (Å²) in [6, 6.07) is 6.42. The zero-order valence-corrected chi connectivity index (χ0v) is 16.5. The second-order valence-corrected chi connectivity index (χ2v) is 10.0. The van der Waals surface area contributed by atoms with Crippen LogP contribution in [0, 0.1) is 17.8 Å². The Bertz CT molecular complexity index is 827. The highest BCUT2D eigenvalue weighted by Gasteiger charge is 2.39. The fourth-order valence-electron chi connectivity index (χ4n) is 4.81. The van der Waals surface area contributed by atoms with E-state index in [1.807, 2.05) is 0 Å². The molecule has 7 heteroatoms. The van der Waals surface area contributed by atoms with Gasteiger partial charge in [-0.05, 0) is 48.9 Å². The largest absolute Gasteiger partial charge is 0.332 e. The molecule has 1 saturated carbocycles. The number of benzene rings is 1. The second-order valence-electron chi connectivity index (χ2n) is 8.10. The molecule has 1 aromatic rings. The first kappa shape index (κ1) is 18.7. The Labute approximate surface area is 161 Å². The van der Waals surface area contributed by atoms with Crippen LogP contribution >= 0.6 is 0 Å². The van der Waals surface area contributed by atoms with Gasteiger partial charge in [-0.15, -0.1) is 0 Å². The van der Waals surface area contributed by atoms with Crippen molar-refractivity contribution in [3.8, 4) is 0 Å². The summed E-state index contributed by atoms with van der Waals surface area (Å²) in [4.78, 5) is 12.9. The minimum atomic E-state index is -3.47. The van der Waals surface area contributed by atoms with Gasteiger partial charge < -0.3 is 10.2 Å². The first-order valence-corrected chi connectivity index (χ1v) is 11.3. The number of carbonyl (C=O) groups excluding carboxylic acids is 1. The lowest BCUT2D eigenvalue weighted by molar-refractivity contribution is -0.907. The fraction of sp³-hybridized carbons (Fsp3) is 0.550. The van der Waals surface area contributed by atoms with Gasteiger partial charge in [-0.1, -0.05) is 12.2 Å². The van der Waals surface area contributed by atoms with Crippen molar-refractivity contribution in [1.29, 1.82) is 0 Å². The van der Waals surface area contributed by atoms with E-state index in [9.17, 15) is 13.2 Å². The molecule has 1 amide bonds. The maximum atomic E-state index is 12.9. The van der Waals surface area contributed by atoms with Crippen LogP contribution in [-0.2, 0) is 14.8 Å². The summed E-state index contributed by atoms with van der Waals surface area (Å²) >= 11 is 0. The number of anilines is 1. The summed E-state index contributed by atoms with van der Waals surface area (Å²) in [5.74, 6) is 2.16. The van der Waals surface area contributed by atoms with Gasteiger partial charge in [0, 0.05) is 18.5 Å². The SMILES string of the molecule is CC(=O)Nc1ccc(S(=O)(=O)N2CC[NH+](C[C@H]3C[C@H]4C=C[C@H]3C4)CC2)cc1. The third-order valence-corrected chi connectivity index (χ3v) is 8.12. The van der Waals surface area contributed by atoms with Gasteiger partial charge >= 0.3 is 0 Å². The smallest absolute Gasteiger partial charge is 0.243 e. The van der Waals surface area contributed by atoms with Gasteiger partial charge in [-0.3, -0.25) is 4.79 Å². The van der Waals surface area contributed by atoms with Crippen molar-refractivity contribution >= 4 is 21.6 Å². The number of fused-ring (bicyclic) bond motifs is 2. The van der Waals surface area contributed by atoms with Crippen LogP contribution in [0.2, 0.25) is 0 Å². The zero-order valence-electron chi connectivity index (χ0n) is 15.7. The van der Waals surface area contributed by atoms with E-state index >= 15 is 0 Å². The van der Waals surface area contributed by atoms with Crippen LogP contribution in [0.25, 0.3) is 0 Å². The summed E-state index contributed by atoms with van der Waals surface area (Å²) in [7, 11) is -3.47. The molecule has 0 radical (unpaired) electrons. The van der Waals surface area contributed by atoms with Gasteiger partial charge in [0.05, 0.1) is 37.6 Å². The molecule has 4 rings (SSSR count). The average Bonchev–Trinajstić information content (AvgIpc) is 3.25. The molecule has 2 bridgehead atoms. The predicted molar refractivity (Wildman–Crippen MR) is 104 cm³/mol. The Morgan fingerprint density at radius 2 is 1.85 bits per heavy atom. The van der Waals surface area contributed by atoms with Crippen molar-refractivity contribution in [2.45, 2.75) is 24.7 Å². The lowest BCUT2D eigenvalue weighted by atomic mass is 9.93. The van der Waals surface area contributed by atoms with Crippen LogP contribution < -0.4 is 10.2 Å². The number of hydrogen-bond acceptors (Lipinski definition) is 3. The highest BCUT2D eigenvalue weighted by atomic mass is 32.2. The third kappa shape index (κ3) is 3.95. The lowest BCUT2D eigenvalue weighted by Crippen LogP contribution is -3.15. The topological polar surface area (TPSA) is 70.9 Å². The molecule has 3 atom stereocenters. The first-order valence-electron chi connectivity index (χ1n) is 9.81. The zero-order chi connectivity index (χ0) is 19.0. The van der Waals surface area contributed by atoms with E-state index in [1.54, 1.807) is 28.6 Å². The Balaban J connectivity index is 1.34. The summed E-state index contributed by atoms with van der Waals surface area (Å²) in [5, 5.41) is 2.66. The lowest BCUT2D eigenvalue weighted by Gasteiger charge is -2.33. The van der Waals surface area contributed by atoms with Crippen molar-refractivity contribution in [3.05, 3.63) is 36.4 Å². The Morgan fingerprint density at radius 1 is 1.15 bits per heavy atom. The summed E-state index contributed by atoms with van der Waals surface area (Å²) in [6.07, 6.45) is 7.40. The molecule has 2 fully saturated rings. The molecule has 0 aromatic heterocycles. The standard InChI is InChI=1S/C20H27N3O3S/c1-15(24)21-19-4-6-20(7-5-19)27(25,26)23-10-8-22(9-11-23)14-18-13-16-2-3-17(18)12-16/h2-7,16-18H,8-14H2,1H3,(H,21,24)/p+1/t16-,17-,18+/m0/s1. The van der Waals surface area contributed by atoms with Crippen molar-refractivity contribution in [2.75, 3.05) is 38.0 Å². The van der Waals surface area contributed by atoms with Crippen molar-refractivity contribution in [2.24, 2.45) is 17.8 Å². The van der Waals surface area contributed by atoms with E-state index in [-0.39, 0.29) is 5.91 Å². The molecule has 146 valence electrons. The maximum absolute atomic E-state index is 12.9. The van der Waals surface area contributed by atoms with E-state index < -0.39 is 10.0 Å². The maximum Gasteiger partial charge on any atom is 0.243 e. The number of quaternary nitrogens is 1. The summed E-state index contributed by atoms with van der Waals surface area (Å²) in [6.45, 7) is 5.50. The van der Waals surface area contributed by atoms with Crippen LogP contribution in [0.5, 0.6) is 0 Å². The van der Waals surface area contributed by atoms with E-state index in [2.05, 4.69) is 17.5 Å². The molecular formula is C20H28N3O3S+. The molecule has 1 saturated heterocycles. The Morgan fingerprint density at radius 3 is 2.41 bits per heavy atom. The van der Waals surface area contributed by atoms with Crippen molar-refractivity contribution in [3.63, 3.8) is 0 Å². The number of hydrogen-bond donors (Lipinski definition) is 2. The van der Waals surface area contributed by atoms with Gasteiger partial charge in [0.2, 0.25) is 15.9 Å². The number of allylic oxidation sites excluding steroid dienone is 2. The van der Waals surface area contributed by atoms with Crippen LogP contribution in [0.1, 0.15) is 19.8 Å². The second kappa shape index (κ2) is 7.37. The fourth-order valence-corrected chi connectivity index (χ4v) is 6.25. The van der Waals surface area contributed by atoms with Crippen LogP contribution in [-0.4, -0.2) is 51.4 Å². The molecule has 1 aliphatic heterocycles. The molecule has 3 aliphatic rings. The molecule has 0 spiro atoms. The Hall–Kier alpha value is -1.70. The van der Waals surface area contributed by atoms with Gasteiger partial charge in [-0.2, -0.15) is 4.31 Å². The van der Waals surface area contributed by atoms with Gasteiger partial charge in [0.25, 0.3) is 0 Å². The summed E-state index contributed by atoms with van der Waals surface area (Å²) < 4.78 is 27.4. The van der Waals surface area contributed by atoms with Gasteiger partial charge in [-0.25, -0.2) is 8.42 Å². The number of amides is 1. The van der Waals surface area contributed by atoms with Crippen LogP contribution in [0.15, 0.2) is 41.3 Å². The van der Waals surface area contributed by atoms with E-state index in [0.29, 0.717) is 23.7 Å². The van der Waals surface area contributed by atoms with Crippen LogP contribution in [0.3, 0.4) is 0 Å². The van der Waals surface area contributed by atoms with E-state index in [4.69, 9.17) is 0 Å². The molecule has 27 heavy (non-hydrogen) atoms. The number of sulfonamides is 1. The average molecular weight is 391 g/mol. The van der Waals surface area contributed by atoms with E-state index in [1.165, 1.54) is 31.2 Å². The van der Waals surface area contributed by atoms with Gasteiger partial charge in [0.1, 0.15) is 0 Å². The van der Waals surface area contributed by atoms with Crippen molar-refractivity contribution < 1.29 is 18.1 Å². The van der Waals surface area contributed by atoms with Crippen LogP contribution in [0.4, 0.5) is 5.69 Å². The molecule has 1 heterocycles. The highest BCUT2D eigenvalue weighted by Crippen LogP contribution is 2.42. The Kier molecular flexibility index (Phi) is 5.09. The number of carbonyl (C=O) groups is 1. The number of rotatable bonds is 5. The quantitative estimate of drug-likeness (QED) is 0.729. The predicted octanol–water partition coefficient (Wildman–Crippen LogP) is 0.746. The molecule has 0 unspecified atom stereocenters. The molecular weight excluding hydrogens is 362 g/mol. The van der Waals surface area contributed by atoms with E-state index in [0.717, 1.165) is 30.8 Å². The normalized spacial score (nSPS) is 28.6. The monoisotopic (exact) mass is 390 g/mol. The molecule has 6 nitrogen and oxygen atoms in total. The minimum absolute atomic E-state index is 0.171. The number of piperazine rings is 1. The molecule has 2 N–H and O–H groups in total. The highest BCUT2D eigenvalue weighted by molar-refractivity contribution is 7.89. The first-order chi connectivity index (χ1) is 12.9. The number of nitrogens with one attached hydrogen (secondary N) is 2. The van der Waals surface area contributed by atoms with Gasteiger partial charge in [0.15, 0.2) is 0 Å². The number of nitrogens with zero attached hydrogens (tertiary/aromatic N) is 1. The summed E-state index contributed by atoms with van der Waals surface area (Å²) in [5.41, 5.74) is 0.607. The van der Waals surface area contributed by atoms with Crippen molar-refractivity contribution in [1.82, 2.24) is 4.31 Å². The minimum Gasteiger partial charge on any atom is -0.332 e. The molecule has 2 aliphatic carbocycles. The third-order valence-electron chi connectivity index (χ3n) is 6.21.